The van der Waals surface area contributed by atoms with E-state index in [0.717, 1.165) is 24.5 Å². The summed E-state index contributed by atoms with van der Waals surface area (Å²) in [6, 6.07) is 5.92. The van der Waals surface area contributed by atoms with Crippen LogP contribution in [-0.2, 0) is 0 Å². The number of nitrogen functional groups attached to an aromatic ring is 1. The molecular formula is C11H15NO. The summed E-state index contributed by atoms with van der Waals surface area (Å²) < 4.78 is 5.55. The fourth-order valence-electron chi connectivity index (χ4n) is 1.91. The Morgan fingerprint density at radius 3 is 3.15 bits per heavy atom. The second-order valence-corrected chi connectivity index (χ2v) is 3.54. The van der Waals surface area contributed by atoms with E-state index in [4.69, 9.17) is 10.5 Å². The molecule has 2 N–H and O–H groups in total. The van der Waals surface area contributed by atoms with Gasteiger partial charge in [0.25, 0.3) is 0 Å². The van der Waals surface area contributed by atoms with E-state index in [1.165, 1.54) is 12.0 Å². The zero-order valence-electron chi connectivity index (χ0n) is 7.92. The molecule has 0 saturated carbocycles. The molecule has 1 unspecified atom stereocenters. The monoisotopic (exact) mass is 177 g/mol. The first-order chi connectivity index (χ1) is 6.31. The van der Waals surface area contributed by atoms with E-state index in [-0.39, 0.29) is 0 Å². The van der Waals surface area contributed by atoms with Crippen LogP contribution in [0.25, 0.3) is 0 Å². The van der Waals surface area contributed by atoms with Crippen LogP contribution in [0.3, 0.4) is 0 Å². The molecule has 0 radical (unpaired) electrons. The van der Waals surface area contributed by atoms with Crippen molar-refractivity contribution >= 4 is 5.69 Å². The van der Waals surface area contributed by atoms with Crippen molar-refractivity contribution in [2.45, 2.75) is 25.7 Å². The number of hydrogen-bond donors (Lipinski definition) is 1. The van der Waals surface area contributed by atoms with Crippen LogP contribution in [0.4, 0.5) is 5.69 Å². The third-order valence-electron chi connectivity index (χ3n) is 2.69. The number of fused-ring (bicyclic) bond motifs is 1. The molecular weight excluding hydrogens is 162 g/mol. The van der Waals surface area contributed by atoms with Gasteiger partial charge in [-0.15, -0.1) is 0 Å². The van der Waals surface area contributed by atoms with Crippen LogP contribution < -0.4 is 10.5 Å². The van der Waals surface area contributed by atoms with Gasteiger partial charge in [0, 0.05) is 5.69 Å². The van der Waals surface area contributed by atoms with E-state index in [0.29, 0.717) is 5.92 Å². The molecule has 2 rings (SSSR count). The maximum absolute atomic E-state index is 5.74. The summed E-state index contributed by atoms with van der Waals surface area (Å²) in [4.78, 5) is 0. The van der Waals surface area contributed by atoms with Gasteiger partial charge >= 0.3 is 0 Å². The smallest absolute Gasteiger partial charge is 0.122 e. The molecule has 0 fully saturated rings. The highest BCUT2D eigenvalue weighted by Gasteiger charge is 2.19. The standard InChI is InChI=1S/C11H15NO/c1-2-8-5-6-13-11-4-3-9(12)7-10(8)11/h3-4,7-8H,2,5-6,12H2,1H3. The summed E-state index contributed by atoms with van der Waals surface area (Å²) >= 11 is 0. The number of rotatable bonds is 1. The molecule has 0 bridgehead atoms. The maximum atomic E-state index is 5.74. The predicted octanol–water partition coefficient (Wildman–Crippen LogP) is 2.54. The molecule has 0 saturated heterocycles. The Morgan fingerprint density at radius 1 is 1.54 bits per heavy atom. The second kappa shape index (κ2) is 3.29. The SMILES string of the molecule is CCC1CCOc2ccc(N)cc21. The Labute approximate surface area is 78.7 Å². The molecule has 13 heavy (non-hydrogen) atoms. The van der Waals surface area contributed by atoms with Crippen molar-refractivity contribution in [1.29, 1.82) is 0 Å². The van der Waals surface area contributed by atoms with Crippen LogP contribution >= 0.6 is 0 Å². The quantitative estimate of drug-likeness (QED) is 0.669. The van der Waals surface area contributed by atoms with E-state index in [9.17, 15) is 0 Å². The minimum Gasteiger partial charge on any atom is -0.493 e. The van der Waals surface area contributed by atoms with Crippen molar-refractivity contribution in [1.82, 2.24) is 0 Å². The molecule has 1 atom stereocenters. The lowest BCUT2D eigenvalue weighted by molar-refractivity contribution is 0.265. The highest BCUT2D eigenvalue weighted by molar-refractivity contribution is 5.50. The van der Waals surface area contributed by atoms with Crippen molar-refractivity contribution in [2.24, 2.45) is 0 Å². The van der Waals surface area contributed by atoms with Crippen LogP contribution in [-0.4, -0.2) is 6.61 Å². The van der Waals surface area contributed by atoms with E-state index in [2.05, 4.69) is 6.92 Å². The van der Waals surface area contributed by atoms with Gasteiger partial charge in [-0.1, -0.05) is 6.92 Å². The topological polar surface area (TPSA) is 35.2 Å². The number of hydrogen-bond acceptors (Lipinski definition) is 2. The summed E-state index contributed by atoms with van der Waals surface area (Å²) in [5.74, 6) is 1.65. The molecule has 1 aromatic rings. The number of benzene rings is 1. The molecule has 70 valence electrons. The average molecular weight is 177 g/mol. The van der Waals surface area contributed by atoms with Gasteiger partial charge in [-0.3, -0.25) is 0 Å². The van der Waals surface area contributed by atoms with Gasteiger partial charge in [0.15, 0.2) is 0 Å². The van der Waals surface area contributed by atoms with Gasteiger partial charge in [-0.25, -0.2) is 0 Å². The van der Waals surface area contributed by atoms with Gasteiger partial charge in [-0.05, 0) is 42.5 Å². The van der Waals surface area contributed by atoms with Crippen molar-refractivity contribution in [3.8, 4) is 5.75 Å². The molecule has 0 amide bonds. The van der Waals surface area contributed by atoms with Crippen molar-refractivity contribution in [3.05, 3.63) is 23.8 Å². The molecule has 1 aliphatic rings. The highest BCUT2D eigenvalue weighted by atomic mass is 16.5. The van der Waals surface area contributed by atoms with Gasteiger partial charge < -0.3 is 10.5 Å². The maximum Gasteiger partial charge on any atom is 0.122 e. The Bertz CT molecular complexity index is 309. The van der Waals surface area contributed by atoms with Crippen molar-refractivity contribution in [3.63, 3.8) is 0 Å². The van der Waals surface area contributed by atoms with Crippen LogP contribution in [0.15, 0.2) is 18.2 Å². The van der Waals surface area contributed by atoms with Gasteiger partial charge in [-0.2, -0.15) is 0 Å². The molecule has 1 aliphatic heterocycles. The number of nitrogens with two attached hydrogens (primary N) is 1. The minimum absolute atomic E-state index is 0.632. The largest absolute Gasteiger partial charge is 0.493 e. The Morgan fingerprint density at radius 2 is 2.38 bits per heavy atom. The van der Waals surface area contributed by atoms with Gasteiger partial charge in [0.1, 0.15) is 5.75 Å². The van der Waals surface area contributed by atoms with E-state index >= 15 is 0 Å². The zero-order valence-corrected chi connectivity index (χ0v) is 7.92. The van der Waals surface area contributed by atoms with Crippen LogP contribution in [0.5, 0.6) is 5.75 Å². The first-order valence-corrected chi connectivity index (χ1v) is 4.83. The number of anilines is 1. The van der Waals surface area contributed by atoms with Gasteiger partial charge in [0.2, 0.25) is 0 Å². The lowest BCUT2D eigenvalue weighted by Crippen LogP contribution is -2.13. The molecule has 1 aromatic carbocycles. The predicted molar refractivity (Wildman–Crippen MR) is 54.0 cm³/mol. The summed E-state index contributed by atoms with van der Waals surface area (Å²) in [7, 11) is 0. The summed E-state index contributed by atoms with van der Waals surface area (Å²) in [6.07, 6.45) is 2.28. The fourth-order valence-corrected chi connectivity index (χ4v) is 1.91. The first-order valence-electron chi connectivity index (χ1n) is 4.83. The average Bonchev–Trinajstić information content (AvgIpc) is 2.17. The van der Waals surface area contributed by atoms with Gasteiger partial charge in [0.05, 0.1) is 6.61 Å². The summed E-state index contributed by atoms with van der Waals surface area (Å²) in [5, 5.41) is 0. The van der Waals surface area contributed by atoms with Crippen LogP contribution in [0.1, 0.15) is 31.2 Å². The Balaban J connectivity index is 2.41. The third-order valence-corrected chi connectivity index (χ3v) is 2.69. The Kier molecular flexibility index (Phi) is 2.13. The minimum atomic E-state index is 0.632. The summed E-state index contributed by atoms with van der Waals surface area (Å²) in [5.41, 5.74) is 7.86. The molecule has 2 heteroatoms. The fraction of sp³-hybridized carbons (Fsp3) is 0.455. The first kappa shape index (κ1) is 8.42. The molecule has 2 nitrogen and oxygen atoms in total. The molecule has 1 heterocycles. The molecule has 0 aromatic heterocycles. The zero-order chi connectivity index (χ0) is 9.26. The van der Waals surface area contributed by atoms with E-state index in [1.807, 2.05) is 18.2 Å². The third kappa shape index (κ3) is 1.48. The van der Waals surface area contributed by atoms with E-state index < -0.39 is 0 Å². The summed E-state index contributed by atoms with van der Waals surface area (Å²) in [6.45, 7) is 3.05. The number of ether oxygens (including phenoxy) is 1. The lowest BCUT2D eigenvalue weighted by atomic mass is 9.91. The van der Waals surface area contributed by atoms with Crippen molar-refractivity contribution < 1.29 is 4.74 Å². The molecule has 0 aliphatic carbocycles. The van der Waals surface area contributed by atoms with Crippen molar-refractivity contribution in [2.75, 3.05) is 12.3 Å². The van der Waals surface area contributed by atoms with E-state index in [1.54, 1.807) is 0 Å². The van der Waals surface area contributed by atoms with Crippen LogP contribution in [0.2, 0.25) is 0 Å². The molecule has 0 spiro atoms. The normalized spacial score (nSPS) is 20.5. The second-order valence-electron chi connectivity index (χ2n) is 3.54. The highest BCUT2D eigenvalue weighted by Crippen LogP contribution is 2.36. The van der Waals surface area contributed by atoms with Crippen LogP contribution in [0, 0.1) is 0 Å². The lowest BCUT2D eigenvalue weighted by Gasteiger charge is -2.25. The Hall–Kier alpha value is -1.18.